The third-order valence-corrected chi connectivity index (χ3v) is 3.40. The molecule has 1 aliphatic heterocycles. The number of rotatable bonds is 3. The highest BCUT2D eigenvalue weighted by Crippen LogP contribution is 2.20. The minimum absolute atomic E-state index is 0.508. The van der Waals surface area contributed by atoms with Crippen molar-refractivity contribution in [3.05, 3.63) is 35.4 Å². The highest BCUT2D eigenvalue weighted by molar-refractivity contribution is 5.24. The summed E-state index contributed by atoms with van der Waals surface area (Å²) in [6, 6.07) is 9.18. The Morgan fingerprint density at radius 3 is 2.44 bits per heavy atom. The zero-order valence-corrected chi connectivity index (χ0v) is 9.95. The lowest BCUT2D eigenvalue weighted by Crippen LogP contribution is -2.44. The second-order valence-electron chi connectivity index (χ2n) is 4.41. The van der Waals surface area contributed by atoms with Gasteiger partial charge < -0.3 is 11.1 Å². The van der Waals surface area contributed by atoms with Gasteiger partial charge in [0.25, 0.3) is 0 Å². The maximum absolute atomic E-state index is 5.60. The summed E-state index contributed by atoms with van der Waals surface area (Å²) in [5.74, 6) is 0. The molecule has 0 bridgehead atoms. The van der Waals surface area contributed by atoms with Crippen LogP contribution in [0.15, 0.2) is 24.3 Å². The molecule has 1 atom stereocenters. The van der Waals surface area contributed by atoms with Gasteiger partial charge in [0, 0.05) is 38.8 Å². The zero-order valence-electron chi connectivity index (χ0n) is 9.95. The van der Waals surface area contributed by atoms with Crippen molar-refractivity contribution in [2.75, 3.05) is 26.2 Å². The average molecular weight is 219 g/mol. The molecule has 3 heteroatoms. The first kappa shape index (κ1) is 11.6. The summed E-state index contributed by atoms with van der Waals surface area (Å²) in [6.07, 6.45) is 0. The maximum atomic E-state index is 5.60. The molecule has 1 unspecified atom stereocenters. The van der Waals surface area contributed by atoms with E-state index >= 15 is 0 Å². The fraction of sp³-hybridized carbons (Fsp3) is 0.538. The van der Waals surface area contributed by atoms with Gasteiger partial charge in [0.15, 0.2) is 0 Å². The van der Waals surface area contributed by atoms with E-state index < -0.39 is 0 Å². The van der Waals surface area contributed by atoms with Gasteiger partial charge >= 0.3 is 0 Å². The van der Waals surface area contributed by atoms with Gasteiger partial charge in [-0.3, -0.25) is 4.90 Å². The van der Waals surface area contributed by atoms with Crippen LogP contribution in [0.3, 0.4) is 0 Å². The van der Waals surface area contributed by atoms with Crippen LogP contribution in [0, 0.1) is 0 Å². The van der Waals surface area contributed by atoms with Crippen molar-refractivity contribution in [3.63, 3.8) is 0 Å². The van der Waals surface area contributed by atoms with Gasteiger partial charge in [0.1, 0.15) is 0 Å². The normalized spacial score (nSPS) is 19.6. The molecule has 1 aromatic rings. The summed E-state index contributed by atoms with van der Waals surface area (Å²) in [4.78, 5) is 2.52. The van der Waals surface area contributed by atoms with Gasteiger partial charge in [0.2, 0.25) is 0 Å². The van der Waals surface area contributed by atoms with Crippen LogP contribution in [0.5, 0.6) is 0 Å². The number of piperazine rings is 1. The van der Waals surface area contributed by atoms with E-state index in [1.54, 1.807) is 0 Å². The van der Waals surface area contributed by atoms with Crippen LogP contribution in [0.25, 0.3) is 0 Å². The molecule has 88 valence electrons. The molecule has 0 spiro atoms. The molecule has 1 heterocycles. The fourth-order valence-electron chi connectivity index (χ4n) is 2.21. The van der Waals surface area contributed by atoms with Crippen molar-refractivity contribution in [1.29, 1.82) is 0 Å². The number of hydrogen-bond donors (Lipinski definition) is 2. The highest BCUT2D eigenvalue weighted by Gasteiger charge is 2.17. The summed E-state index contributed by atoms with van der Waals surface area (Å²) < 4.78 is 0. The molecule has 0 amide bonds. The van der Waals surface area contributed by atoms with Crippen LogP contribution < -0.4 is 11.1 Å². The van der Waals surface area contributed by atoms with Crippen molar-refractivity contribution in [3.8, 4) is 0 Å². The summed E-state index contributed by atoms with van der Waals surface area (Å²) in [5, 5.41) is 3.38. The smallest absolute Gasteiger partial charge is 0.0320 e. The van der Waals surface area contributed by atoms with Crippen LogP contribution in [0.2, 0.25) is 0 Å². The monoisotopic (exact) mass is 219 g/mol. The molecule has 2 rings (SSSR count). The van der Waals surface area contributed by atoms with E-state index in [4.69, 9.17) is 5.73 Å². The largest absolute Gasteiger partial charge is 0.326 e. The standard InChI is InChI=1S/C13H21N3/c1-11(16-8-6-15-7-9-16)13-4-2-12(10-14)3-5-13/h2-5,11,15H,6-10,14H2,1H3. The van der Waals surface area contributed by atoms with E-state index in [-0.39, 0.29) is 0 Å². The fourth-order valence-corrected chi connectivity index (χ4v) is 2.21. The molecular weight excluding hydrogens is 198 g/mol. The van der Waals surface area contributed by atoms with E-state index in [2.05, 4.69) is 41.4 Å². The molecular formula is C13H21N3. The first-order chi connectivity index (χ1) is 7.81. The highest BCUT2D eigenvalue weighted by atomic mass is 15.2. The first-order valence-corrected chi connectivity index (χ1v) is 6.05. The Hall–Kier alpha value is -0.900. The summed E-state index contributed by atoms with van der Waals surface area (Å²) in [7, 11) is 0. The number of nitrogens with two attached hydrogens (primary N) is 1. The molecule has 1 aromatic carbocycles. The Labute approximate surface area is 97.6 Å². The molecule has 1 fully saturated rings. The van der Waals surface area contributed by atoms with Gasteiger partial charge in [0.05, 0.1) is 0 Å². The molecule has 0 aliphatic carbocycles. The minimum Gasteiger partial charge on any atom is -0.326 e. The van der Waals surface area contributed by atoms with E-state index in [0.717, 1.165) is 26.2 Å². The van der Waals surface area contributed by atoms with Crippen LogP contribution in [0.4, 0.5) is 0 Å². The van der Waals surface area contributed by atoms with Crippen molar-refractivity contribution < 1.29 is 0 Å². The SMILES string of the molecule is CC(c1ccc(CN)cc1)N1CCNCC1. The number of hydrogen-bond acceptors (Lipinski definition) is 3. The molecule has 0 saturated carbocycles. The number of benzene rings is 1. The molecule has 1 saturated heterocycles. The maximum Gasteiger partial charge on any atom is 0.0320 e. The number of nitrogens with zero attached hydrogens (tertiary/aromatic N) is 1. The van der Waals surface area contributed by atoms with Crippen LogP contribution >= 0.6 is 0 Å². The van der Waals surface area contributed by atoms with Crippen molar-refractivity contribution in [2.45, 2.75) is 19.5 Å². The lowest BCUT2D eigenvalue weighted by molar-refractivity contribution is 0.185. The Bertz CT molecular complexity index is 314. The van der Waals surface area contributed by atoms with Crippen LogP contribution in [0.1, 0.15) is 24.1 Å². The van der Waals surface area contributed by atoms with E-state index in [0.29, 0.717) is 12.6 Å². The van der Waals surface area contributed by atoms with Crippen molar-refractivity contribution >= 4 is 0 Å². The molecule has 0 radical (unpaired) electrons. The van der Waals surface area contributed by atoms with E-state index in [1.165, 1.54) is 11.1 Å². The molecule has 16 heavy (non-hydrogen) atoms. The van der Waals surface area contributed by atoms with Gasteiger partial charge in [-0.1, -0.05) is 24.3 Å². The third-order valence-electron chi connectivity index (χ3n) is 3.40. The number of nitrogens with one attached hydrogen (secondary N) is 1. The van der Waals surface area contributed by atoms with Gasteiger partial charge in [-0.05, 0) is 18.1 Å². The molecule has 3 N–H and O–H groups in total. The molecule has 0 aromatic heterocycles. The third kappa shape index (κ3) is 2.61. The lowest BCUT2D eigenvalue weighted by atomic mass is 10.0. The van der Waals surface area contributed by atoms with Crippen LogP contribution in [-0.2, 0) is 6.54 Å². The topological polar surface area (TPSA) is 41.3 Å². The zero-order chi connectivity index (χ0) is 11.4. The van der Waals surface area contributed by atoms with Gasteiger partial charge in [-0.15, -0.1) is 0 Å². The Morgan fingerprint density at radius 1 is 1.25 bits per heavy atom. The minimum atomic E-state index is 0.508. The Kier molecular flexibility index (Phi) is 3.93. The quantitative estimate of drug-likeness (QED) is 0.800. The first-order valence-electron chi connectivity index (χ1n) is 6.05. The van der Waals surface area contributed by atoms with E-state index in [9.17, 15) is 0 Å². The van der Waals surface area contributed by atoms with Crippen LogP contribution in [-0.4, -0.2) is 31.1 Å². The average Bonchev–Trinajstić information content (AvgIpc) is 2.39. The summed E-state index contributed by atoms with van der Waals surface area (Å²) >= 11 is 0. The molecule has 1 aliphatic rings. The lowest BCUT2D eigenvalue weighted by Gasteiger charge is -2.33. The predicted molar refractivity (Wildman–Crippen MR) is 67.2 cm³/mol. The van der Waals surface area contributed by atoms with Crippen molar-refractivity contribution in [1.82, 2.24) is 10.2 Å². The van der Waals surface area contributed by atoms with Gasteiger partial charge in [-0.25, -0.2) is 0 Å². The summed E-state index contributed by atoms with van der Waals surface area (Å²) in [6.45, 7) is 7.39. The van der Waals surface area contributed by atoms with Crippen molar-refractivity contribution in [2.24, 2.45) is 5.73 Å². The van der Waals surface area contributed by atoms with E-state index in [1.807, 2.05) is 0 Å². The Balaban J connectivity index is 2.04. The predicted octanol–water partition coefficient (Wildman–Crippen LogP) is 1.11. The summed E-state index contributed by atoms with van der Waals surface area (Å²) in [5.41, 5.74) is 8.19. The Morgan fingerprint density at radius 2 is 1.88 bits per heavy atom. The second kappa shape index (κ2) is 5.43. The van der Waals surface area contributed by atoms with Gasteiger partial charge in [-0.2, -0.15) is 0 Å². The molecule has 3 nitrogen and oxygen atoms in total. The second-order valence-corrected chi connectivity index (χ2v) is 4.41.